The molecule has 0 bridgehead atoms. The van der Waals surface area contributed by atoms with Gasteiger partial charge in [0.05, 0.1) is 0 Å². The molecule has 4 nitrogen and oxygen atoms in total. The number of nitrogens with zero attached hydrogens (tertiary/aromatic N) is 1. The van der Waals surface area contributed by atoms with Crippen LogP contribution in [0, 0.1) is 0 Å². The third kappa shape index (κ3) is 4.79. The summed E-state index contributed by atoms with van der Waals surface area (Å²) in [5, 5.41) is 5.26. The van der Waals surface area contributed by atoms with Gasteiger partial charge in [0.15, 0.2) is 0 Å². The topological polar surface area (TPSA) is 49.4 Å². The van der Waals surface area contributed by atoms with Gasteiger partial charge < -0.3 is 0 Å². The molecule has 1 heterocycles. The molecule has 3 rings (SSSR count). The Morgan fingerprint density at radius 1 is 1.04 bits per heavy atom. The second kappa shape index (κ2) is 10.7. The number of anilines is 1. The normalized spacial score (nSPS) is 13.6. The summed E-state index contributed by atoms with van der Waals surface area (Å²) in [6.07, 6.45) is 2.29. The Labute approximate surface area is 185 Å². The van der Waals surface area contributed by atoms with E-state index in [1.54, 1.807) is 21.6 Å². The van der Waals surface area contributed by atoms with E-state index in [-0.39, 0.29) is 11.8 Å². The minimum absolute atomic E-state index is 0.169. The van der Waals surface area contributed by atoms with Gasteiger partial charge in [0.2, 0.25) is 0 Å². The summed E-state index contributed by atoms with van der Waals surface area (Å²) >= 11 is 0.320. The van der Waals surface area contributed by atoms with Gasteiger partial charge in [-0.05, 0) is 6.42 Å². The number of alkyl halides is 2. The molecule has 0 atom stereocenters. The van der Waals surface area contributed by atoms with Crippen LogP contribution < -0.4 is 26.5 Å². The van der Waals surface area contributed by atoms with Crippen LogP contribution in [-0.2, 0) is 0 Å². The second-order valence-electron chi connectivity index (χ2n) is 6.53. The first-order chi connectivity index (χ1) is 13.7. The Kier molecular flexibility index (Phi) is 8.35. The number of halogens is 1. The van der Waals surface area contributed by atoms with E-state index >= 15 is 0 Å². The van der Waals surface area contributed by atoms with E-state index in [1.807, 2.05) is 30.3 Å². The Bertz CT molecular complexity index is 837. The van der Waals surface area contributed by atoms with Crippen molar-refractivity contribution in [3.8, 4) is 0 Å². The predicted molar refractivity (Wildman–Crippen MR) is 118 cm³/mol. The zero-order chi connectivity index (χ0) is 19.9. The molecule has 2 amide bonds. The molecule has 0 saturated heterocycles. The minimum atomic E-state index is -0.169. The molecule has 0 aromatic heterocycles. The average molecular weight is 529 g/mol. The molecule has 0 fully saturated rings. The zero-order valence-electron chi connectivity index (χ0n) is 16.3. The first kappa shape index (κ1) is 21.8. The third-order valence-electron chi connectivity index (χ3n) is 4.58. The molecule has 7 heteroatoms. The number of amides is 2. The fraction of sp³-hybridized carbons (Fsp3) is 0.429. The van der Waals surface area contributed by atoms with Crippen LogP contribution in [0.3, 0.4) is 0 Å². The molecule has 2 aromatic carbocycles. The standard InChI is InChI=1S/C21H26IN2O2S2/c1-3-13-27-28-14-12-24-20(25)16-7-4-6-15-18(23-11-5-10-22-2)9-8-17(19(15)16)21(24)26/h4,6-9,23H,3,5,10-14H2,1-2H3/q-1. The number of nitrogens with one attached hydrogen (secondary N) is 1. The van der Waals surface area contributed by atoms with Crippen LogP contribution in [0.1, 0.15) is 40.5 Å². The number of hydrogen-bond donors (Lipinski definition) is 1. The first-order valence-corrected chi connectivity index (χ1v) is 15.7. The van der Waals surface area contributed by atoms with Crippen LogP contribution in [0.25, 0.3) is 10.8 Å². The molecular weight excluding hydrogens is 503 g/mol. The SMILES string of the molecule is CCCSSCCN1C(=O)c2cccc3c(NCCC[I-]C)ccc(c23)C1=O. The van der Waals surface area contributed by atoms with E-state index in [1.165, 1.54) is 9.33 Å². The summed E-state index contributed by atoms with van der Waals surface area (Å²) in [6, 6.07) is 9.63. The molecule has 1 N–H and O–H groups in total. The van der Waals surface area contributed by atoms with Crippen LogP contribution in [0.2, 0.25) is 0 Å². The van der Waals surface area contributed by atoms with Gasteiger partial charge in [-0.15, -0.1) is 0 Å². The van der Waals surface area contributed by atoms with Gasteiger partial charge in [0, 0.05) is 5.75 Å². The number of imide groups is 1. The van der Waals surface area contributed by atoms with Gasteiger partial charge in [-0.3, -0.25) is 0 Å². The summed E-state index contributed by atoms with van der Waals surface area (Å²) in [5.74, 6) is 1.51. The van der Waals surface area contributed by atoms with Crippen molar-refractivity contribution >= 4 is 49.9 Å². The predicted octanol–water partition coefficient (Wildman–Crippen LogP) is 1.75. The zero-order valence-corrected chi connectivity index (χ0v) is 20.1. The average Bonchev–Trinajstić information content (AvgIpc) is 2.71. The molecule has 28 heavy (non-hydrogen) atoms. The number of hydrogen-bond acceptors (Lipinski definition) is 5. The summed E-state index contributed by atoms with van der Waals surface area (Å²) in [7, 11) is 3.53. The van der Waals surface area contributed by atoms with Crippen LogP contribution in [-0.4, -0.2) is 50.7 Å². The van der Waals surface area contributed by atoms with Crippen LogP contribution >= 0.6 is 21.6 Å². The molecule has 0 aliphatic carbocycles. The Balaban J connectivity index is 1.82. The number of rotatable bonds is 11. The summed E-state index contributed by atoms with van der Waals surface area (Å²) in [6.45, 7) is 3.53. The van der Waals surface area contributed by atoms with Crippen molar-refractivity contribution in [3.63, 3.8) is 0 Å². The van der Waals surface area contributed by atoms with Gasteiger partial charge in [0.1, 0.15) is 0 Å². The maximum atomic E-state index is 13.0. The molecule has 152 valence electrons. The second-order valence-corrected chi connectivity index (χ2v) is 11.8. The monoisotopic (exact) mass is 529 g/mol. The van der Waals surface area contributed by atoms with E-state index in [2.05, 4.69) is 17.2 Å². The van der Waals surface area contributed by atoms with Gasteiger partial charge in [0.25, 0.3) is 0 Å². The molecule has 1 aliphatic rings. The molecular formula is C21H26IN2O2S2-. The molecule has 1 aliphatic heterocycles. The fourth-order valence-corrected chi connectivity index (χ4v) is 6.49. The van der Waals surface area contributed by atoms with Crippen molar-refractivity contribution in [2.24, 2.45) is 0 Å². The Morgan fingerprint density at radius 3 is 2.54 bits per heavy atom. The van der Waals surface area contributed by atoms with Crippen molar-refractivity contribution in [3.05, 3.63) is 41.5 Å². The third-order valence-corrected chi connectivity index (χ3v) is 9.01. The molecule has 0 radical (unpaired) electrons. The Hall–Kier alpha value is -0.930. The van der Waals surface area contributed by atoms with E-state index in [9.17, 15) is 9.59 Å². The summed E-state index contributed by atoms with van der Waals surface area (Å²) < 4.78 is 1.30. The number of carbonyl (C=O) groups excluding carboxylic acids is 2. The van der Waals surface area contributed by atoms with Crippen LogP contribution in [0.15, 0.2) is 30.3 Å². The number of benzene rings is 2. The summed E-state index contributed by atoms with van der Waals surface area (Å²) in [5.41, 5.74) is 2.29. The van der Waals surface area contributed by atoms with Crippen molar-refractivity contribution in [1.29, 1.82) is 0 Å². The maximum absolute atomic E-state index is 13.0. The van der Waals surface area contributed by atoms with E-state index in [4.69, 9.17) is 0 Å². The van der Waals surface area contributed by atoms with Crippen molar-refractivity contribution < 1.29 is 30.8 Å². The molecule has 0 saturated carbocycles. The van der Waals surface area contributed by atoms with Crippen molar-refractivity contribution in [2.45, 2.75) is 19.8 Å². The number of carbonyl (C=O) groups is 2. The first-order valence-electron chi connectivity index (χ1n) is 9.53. The van der Waals surface area contributed by atoms with Crippen molar-refractivity contribution in [2.75, 3.05) is 39.3 Å². The van der Waals surface area contributed by atoms with Crippen LogP contribution in [0.4, 0.5) is 5.69 Å². The van der Waals surface area contributed by atoms with Gasteiger partial charge in [-0.25, -0.2) is 0 Å². The summed E-state index contributed by atoms with van der Waals surface area (Å²) in [4.78, 5) is 29.7. The van der Waals surface area contributed by atoms with Crippen molar-refractivity contribution in [1.82, 2.24) is 4.90 Å². The van der Waals surface area contributed by atoms with E-state index in [0.717, 1.165) is 47.4 Å². The van der Waals surface area contributed by atoms with Crippen LogP contribution in [0.5, 0.6) is 0 Å². The quantitative estimate of drug-likeness (QED) is 0.158. The molecule has 0 spiro atoms. The Morgan fingerprint density at radius 2 is 1.79 bits per heavy atom. The molecule has 0 unspecified atom stereocenters. The van der Waals surface area contributed by atoms with E-state index in [0.29, 0.717) is 38.9 Å². The van der Waals surface area contributed by atoms with Gasteiger partial charge in [-0.1, -0.05) is 28.5 Å². The van der Waals surface area contributed by atoms with Gasteiger partial charge >= 0.3 is 145 Å². The molecule has 2 aromatic rings. The van der Waals surface area contributed by atoms with E-state index < -0.39 is 0 Å². The van der Waals surface area contributed by atoms with Gasteiger partial charge in [-0.2, -0.15) is 0 Å². The fourth-order valence-electron chi connectivity index (χ4n) is 3.26.